The molecule has 2 rings (SSSR count). The van der Waals surface area contributed by atoms with E-state index >= 15 is 0 Å². The lowest BCUT2D eigenvalue weighted by Crippen LogP contribution is -2.38. The standard InChI is InChI=1S/C15H17BrFNO3/c1-21-15(20)9-2-5-11(6-3-9)18-14(19)10-4-7-12(16)13(17)8-10/h4,7-9,11H,2-3,5-6H2,1H3,(H,18,19). The predicted molar refractivity (Wildman–Crippen MR) is 79.3 cm³/mol. The zero-order chi connectivity index (χ0) is 15.4. The van der Waals surface area contributed by atoms with Crippen LogP contribution < -0.4 is 5.32 Å². The number of rotatable bonds is 3. The van der Waals surface area contributed by atoms with E-state index < -0.39 is 5.82 Å². The number of benzene rings is 1. The number of hydrogen-bond donors (Lipinski definition) is 1. The molecule has 114 valence electrons. The highest BCUT2D eigenvalue weighted by Crippen LogP contribution is 2.25. The molecule has 0 saturated heterocycles. The van der Waals surface area contributed by atoms with Crippen molar-refractivity contribution in [3.63, 3.8) is 0 Å². The van der Waals surface area contributed by atoms with Crippen molar-refractivity contribution in [3.8, 4) is 0 Å². The van der Waals surface area contributed by atoms with Gasteiger partial charge in [-0.1, -0.05) is 0 Å². The highest BCUT2D eigenvalue weighted by molar-refractivity contribution is 9.10. The quantitative estimate of drug-likeness (QED) is 0.845. The fraction of sp³-hybridized carbons (Fsp3) is 0.467. The van der Waals surface area contributed by atoms with Crippen molar-refractivity contribution in [2.45, 2.75) is 31.7 Å². The molecular weight excluding hydrogens is 341 g/mol. The number of carbonyl (C=O) groups excluding carboxylic acids is 2. The van der Waals surface area contributed by atoms with Gasteiger partial charge in [0.1, 0.15) is 5.82 Å². The van der Waals surface area contributed by atoms with Gasteiger partial charge in [0.05, 0.1) is 17.5 Å². The molecule has 1 aromatic carbocycles. The Labute approximate surface area is 131 Å². The Morgan fingerprint density at radius 3 is 2.52 bits per heavy atom. The zero-order valence-corrected chi connectivity index (χ0v) is 13.3. The lowest BCUT2D eigenvalue weighted by atomic mass is 9.86. The average molecular weight is 358 g/mol. The lowest BCUT2D eigenvalue weighted by Gasteiger charge is -2.27. The van der Waals surface area contributed by atoms with Crippen molar-refractivity contribution in [2.75, 3.05) is 7.11 Å². The van der Waals surface area contributed by atoms with Gasteiger partial charge in [0.15, 0.2) is 0 Å². The first-order valence-corrected chi connectivity index (χ1v) is 7.64. The van der Waals surface area contributed by atoms with E-state index in [0.717, 1.165) is 12.8 Å². The first-order valence-electron chi connectivity index (χ1n) is 6.85. The van der Waals surface area contributed by atoms with Gasteiger partial charge in [-0.15, -0.1) is 0 Å². The molecule has 0 atom stereocenters. The number of esters is 1. The minimum atomic E-state index is -0.461. The van der Waals surface area contributed by atoms with Crippen LogP contribution in [0, 0.1) is 11.7 Å². The SMILES string of the molecule is COC(=O)C1CCC(NC(=O)c2ccc(Br)c(F)c2)CC1. The summed E-state index contributed by atoms with van der Waals surface area (Å²) in [5.41, 5.74) is 0.297. The van der Waals surface area contributed by atoms with Gasteiger partial charge in [-0.25, -0.2) is 4.39 Å². The van der Waals surface area contributed by atoms with Crippen LogP contribution in [0.5, 0.6) is 0 Å². The molecule has 1 saturated carbocycles. The first-order chi connectivity index (χ1) is 10.0. The molecule has 1 amide bonds. The first kappa shape index (κ1) is 15.9. The number of halogens is 2. The van der Waals surface area contributed by atoms with Crippen molar-refractivity contribution in [3.05, 3.63) is 34.1 Å². The third kappa shape index (κ3) is 4.03. The Bertz CT molecular complexity index is 542. The molecule has 4 nitrogen and oxygen atoms in total. The topological polar surface area (TPSA) is 55.4 Å². The van der Waals surface area contributed by atoms with Crippen LogP contribution in [-0.2, 0) is 9.53 Å². The third-order valence-electron chi connectivity index (χ3n) is 3.78. The number of amides is 1. The Kier molecular flexibility index (Phi) is 5.33. The molecule has 1 fully saturated rings. The second kappa shape index (κ2) is 7.02. The second-order valence-corrected chi connectivity index (χ2v) is 6.03. The van der Waals surface area contributed by atoms with Gasteiger partial charge < -0.3 is 10.1 Å². The fourth-order valence-electron chi connectivity index (χ4n) is 2.55. The number of ether oxygens (including phenoxy) is 1. The molecule has 6 heteroatoms. The molecule has 0 heterocycles. The lowest BCUT2D eigenvalue weighted by molar-refractivity contribution is -0.146. The molecule has 0 aliphatic heterocycles. The van der Waals surface area contributed by atoms with Crippen molar-refractivity contribution >= 4 is 27.8 Å². The van der Waals surface area contributed by atoms with Crippen LogP contribution in [0.25, 0.3) is 0 Å². The van der Waals surface area contributed by atoms with E-state index in [0.29, 0.717) is 22.9 Å². The molecule has 1 aliphatic carbocycles. The van der Waals surface area contributed by atoms with Gasteiger partial charge in [0.2, 0.25) is 0 Å². The number of hydrogen-bond acceptors (Lipinski definition) is 3. The van der Waals surface area contributed by atoms with Gasteiger partial charge in [-0.3, -0.25) is 9.59 Å². The molecule has 21 heavy (non-hydrogen) atoms. The van der Waals surface area contributed by atoms with E-state index in [2.05, 4.69) is 21.2 Å². The summed E-state index contributed by atoms with van der Waals surface area (Å²) in [7, 11) is 1.39. The van der Waals surface area contributed by atoms with Crippen molar-refractivity contribution in [1.29, 1.82) is 0 Å². The van der Waals surface area contributed by atoms with Crippen LogP contribution in [0.2, 0.25) is 0 Å². The number of carbonyl (C=O) groups is 2. The van der Waals surface area contributed by atoms with Crippen LogP contribution in [0.4, 0.5) is 4.39 Å². The summed E-state index contributed by atoms with van der Waals surface area (Å²) < 4.78 is 18.5. The Balaban J connectivity index is 1.89. The number of methoxy groups -OCH3 is 1. The molecule has 1 aromatic rings. The average Bonchev–Trinajstić information content (AvgIpc) is 2.50. The summed E-state index contributed by atoms with van der Waals surface area (Å²) in [5.74, 6) is -1.01. The van der Waals surface area contributed by atoms with Gasteiger partial charge in [0.25, 0.3) is 5.91 Å². The third-order valence-corrected chi connectivity index (χ3v) is 4.42. The summed E-state index contributed by atoms with van der Waals surface area (Å²) in [6.07, 6.45) is 2.85. The van der Waals surface area contributed by atoms with Crippen molar-refractivity contribution < 1.29 is 18.7 Å². The maximum atomic E-state index is 13.4. The maximum Gasteiger partial charge on any atom is 0.308 e. The monoisotopic (exact) mass is 357 g/mol. The maximum absolute atomic E-state index is 13.4. The van der Waals surface area contributed by atoms with Gasteiger partial charge in [-0.2, -0.15) is 0 Å². The van der Waals surface area contributed by atoms with Gasteiger partial charge in [0, 0.05) is 11.6 Å². The number of nitrogens with one attached hydrogen (secondary N) is 1. The largest absolute Gasteiger partial charge is 0.469 e. The zero-order valence-electron chi connectivity index (χ0n) is 11.7. The van der Waals surface area contributed by atoms with Crippen LogP contribution in [0.3, 0.4) is 0 Å². The van der Waals surface area contributed by atoms with Gasteiger partial charge in [-0.05, 0) is 59.8 Å². The van der Waals surface area contributed by atoms with E-state index in [1.165, 1.54) is 19.2 Å². The summed E-state index contributed by atoms with van der Waals surface area (Å²) >= 11 is 3.05. The Morgan fingerprint density at radius 2 is 1.95 bits per heavy atom. The van der Waals surface area contributed by atoms with Crippen molar-refractivity contribution in [1.82, 2.24) is 5.32 Å². The fourth-order valence-corrected chi connectivity index (χ4v) is 2.79. The van der Waals surface area contributed by atoms with E-state index in [4.69, 9.17) is 4.74 Å². The summed E-state index contributed by atoms with van der Waals surface area (Å²) in [6.45, 7) is 0. The molecule has 0 bridgehead atoms. The molecular formula is C15H17BrFNO3. The molecule has 0 unspecified atom stereocenters. The van der Waals surface area contributed by atoms with E-state index in [9.17, 15) is 14.0 Å². The summed E-state index contributed by atoms with van der Waals surface area (Å²) in [4.78, 5) is 23.5. The highest BCUT2D eigenvalue weighted by atomic mass is 79.9. The molecule has 1 N–H and O–H groups in total. The van der Waals surface area contributed by atoms with Crippen LogP contribution in [0.1, 0.15) is 36.0 Å². The van der Waals surface area contributed by atoms with E-state index in [1.54, 1.807) is 6.07 Å². The van der Waals surface area contributed by atoms with E-state index in [-0.39, 0.29) is 23.8 Å². The van der Waals surface area contributed by atoms with Crippen LogP contribution in [0.15, 0.2) is 22.7 Å². The smallest absolute Gasteiger partial charge is 0.308 e. The summed E-state index contributed by atoms with van der Waals surface area (Å²) in [5, 5.41) is 2.89. The highest BCUT2D eigenvalue weighted by Gasteiger charge is 2.27. The molecule has 0 spiro atoms. The predicted octanol–water partition coefficient (Wildman–Crippen LogP) is 3.05. The minimum Gasteiger partial charge on any atom is -0.469 e. The molecule has 1 aliphatic rings. The molecule has 0 aromatic heterocycles. The Morgan fingerprint density at radius 1 is 1.29 bits per heavy atom. The normalized spacial score (nSPS) is 21.7. The van der Waals surface area contributed by atoms with Crippen LogP contribution >= 0.6 is 15.9 Å². The van der Waals surface area contributed by atoms with E-state index in [1.807, 2.05) is 0 Å². The summed E-state index contributed by atoms with van der Waals surface area (Å²) in [6, 6.07) is 4.31. The second-order valence-electron chi connectivity index (χ2n) is 5.17. The Hall–Kier alpha value is -1.43. The minimum absolute atomic E-state index is 0.0186. The molecule has 0 radical (unpaired) electrons. The van der Waals surface area contributed by atoms with Gasteiger partial charge >= 0.3 is 5.97 Å². The van der Waals surface area contributed by atoms with Crippen molar-refractivity contribution in [2.24, 2.45) is 5.92 Å². The van der Waals surface area contributed by atoms with Crippen LogP contribution in [-0.4, -0.2) is 25.0 Å².